The molecule has 0 aliphatic carbocycles. The van der Waals surface area contributed by atoms with E-state index in [0.29, 0.717) is 36.6 Å². The van der Waals surface area contributed by atoms with Gasteiger partial charge in [-0.1, -0.05) is 5.16 Å². The second-order valence-corrected chi connectivity index (χ2v) is 6.51. The van der Waals surface area contributed by atoms with Gasteiger partial charge in [-0.2, -0.15) is 10.1 Å². The first-order valence-electron chi connectivity index (χ1n) is 8.85. The average Bonchev–Trinajstić information content (AvgIpc) is 3.38. The molecule has 0 spiro atoms. The Labute approximate surface area is 155 Å². The molecule has 4 rings (SSSR count). The number of amides is 1. The standard InChI is InChI=1S/C18H19FN6O2/c1-2-25-11-6-14(22-25)16(26)24-10-3-7-18(19,12-24)17-21-15(23-27-17)13-4-8-20-9-5-13/h4-6,8-9,11H,2-3,7,10,12H2,1H3. The van der Waals surface area contributed by atoms with Gasteiger partial charge >= 0.3 is 0 Å². The van der Waals surface area contributed by atoms with E-state index in [1.165, 1.54) is 4.90 Å². The molecule has 3 aromatic rings. The predicted molar refractivity (Wildman–Crippen MR) is 93.4 cm³/mol. The second-order valence-electron chi connectivity index (χ2n) is 6.51. The number of hydrogen-bond donors (Lipinski definition) is 0. The van der Waals surface area contributed by atoms with Crippen LogP contribution in [-0.2, 0) is 12.2 Å². The Morgan fingerprint density at radius 2 is 2.15 bits per heavy atom. The molecule has 1 atom stereocenters. The molecule has 1 saturated heterocycles. The summed E-state index contributed by atoms with van der Waals surface area (Å²) < 4.78 is 22.5. The Hall–Kier alpha value is -3.10. The number of halogens is 1. The van der Waals surface area contributed by atoms with Crippen LogP contribution < -0.4 is 0 Å². The van der Waals surface area contributed by atoms with Crippen molar-refractivity contribution in [1.82, 2.24) is 29.8 Å². The van der Waals surface area contributed by atoms with Crippen molar-refractivity contribution < 1.29 is 13.7 Å². The Morgan fingerprint density at radius 1 is 1.33 bits per heavy atom. The van der Waals surface area contributed by atoms with Gasteiger partial charge in [0.15, 0.2) is 0 Å². The molecule has 0 bridgehead atoms. The molecule has 1 unspecified atom stereocenters. The first-order chi connectivity index (χ1) is 13.1. The summed E-state index contributed by atoms with van der Waals surface area (Å²) in [5.41, 5.74) is -0.874. The Balaban J connectivity index is 1.54. The van der Waals surface area contributed by atoms with Crippen LogP contribution in [0.1, 0.15) is 36.1 Å². The number of hydrogen-bond acceptors (Lipinski definition) is 6. The van der Waals surface area contributed by atoms with Crippen molar-refractivity contribution in [2.24, 2.45) is 0 Å². The lowest BCUT2D eigenvalue weighted by atomic mass is 9.94. The zero-order chi connectivity index (χ0) is 18.9. The van der Waals surface area contributed by atoms with Crippen LogP contribution in [0.3, 0.4) is 0 Å². The summed E-state index contributed by atoms with van der Waals surface area (Å²) in [6, 6.07) is 5.09. The second kappa shape index (κ2) is 6.90. The summed E-state index contributed by atoms with van der Waals surface area (Å²) >= 11 is 0. The summed E-state index contributed by atoms with van der Waals surface area (Å²) in [5.74, 6) is -0.0988. The van der Waals surface area contributed by atoms with Gasteiger partial charge in [-0.3, -0.25) is 14.5 Å². The molecule has 4 heterocycles. The summed E-state index contributed by atoms with van der Waals surface area (Å²) in [5, 5.41) is 8.09. The van der Waals surface area contributed by atoms with E-state index in [2.05, 4.69) is 20.2 Å². The molecule has 0 N–H and O–H groups in total. The summed E-state index contributed by atoms with van der Waals surface area (Å²) in [6.07, 6.45) is 5.67. The van der Waals surface area contributed by atoms with Gasteiger partial charge in [0, 0.05) is 37.2 Å². The number of pyridine rings is 1. The van der Waals surface area contributed by atoms with Crippen LogP contribution in [-0.4, -0.2) is 48.8 Å². The number of alkyl halides is 1. The highest BCUT2D eigenvalue weighted by atomic mass is 19.1. The third-order valence-electron chi connectivity index (χ3n) is 4.66. The molecular formula is C18H19FN6O2. The highest BCUT2D eigenvalue weighted by Crippen LogP contribution is 2.35. The van der Waals surface area contributed by atoms with E-state index < -0.39 is 5.67 Å². The van der Waals surface area contributed by atoms with Crippen LogP contribution in [0.25, 0.3) is 11.4 Å². The Bertz CT molecular complexity index is 940. The molecule has 3 aromatic heterocycles. The molecule has 140 valence electrons. The molecule has 0 radical (unpaired) electrons. The maximum Gasteiger partial charge on any atom is 0.274 e. The first kappa shape index (κ1) is 17.3. The van der Waals surface area contributed by atoms with Crippen LogP contribution in [0.5, 0.6) is 0 Å². The van der Waals surface area contributed by atoms with Crippen molar-refractivity contribution in [3.63, 3.8) is 0 Å². The van der Waals surface area contributed by atoms with E-state index in [1.54, 1.807) is 41.5 Å². The molecule has 9 heteroatoms. The van der Waals surface area contributed by atoms with Gasteiger partial charge in [0.1, 0.15) is 5.69 Å². The minimum Gasteiger partial charge on any atom is -0.335 e. The third-order valence-corrected chi connectivity index (χ3v) is 4.66. The number of aromatic nitrogens is 5. The summed E-state index contributed by atoms with van der Waals surface area (Å²) in [6.45, 7) is 2.93. The quantitative estimate of drug-likeness (QED) is 0.701. The summed E-state index contributed by atoms with van der Waals surface area (Å²) in [4.78, 5) is 22.3. The monoisotopic (exact) mass is 370 g/mol. The lowest BCUT2D eigenvalue weighted by molar-refractivity contribution is 0.0149. The van der Waals surface area contributed by atoms with E-state index in [4.69, 9.17) is 4.52 Å². The van der Waals surface area contributed by atoms with Crippen molar-refractivity contribution in [1.29, 1.82) is 0 Å². The number of carbonyl (C=O) groups is 1. The zero-order valence-corrected chi connectivity index (χ0v) is 14.9. The summed E-state index contributed by atoms with van der Waals surface area (Å²) in [7, 11) is 0. The van der Waals surface area contributed by atoms with Crippen LogP contribution in [0.2, 0.25) is 0 Å². The van der Waals surface area contributed by atoms with Crippen molar-refractivity contribution in [2.75, 3.05) is 13.1 Å². The van der Waals surface area contributed by atoms with Crippen LogP contribution in [0.4, 0.5) is 4.39 Å². The van der Waals surface area contributed by atoms with Crippen LogP contribution >= 0.6 is 0 Å². The van der Waals surface area contributed by atoms with E-state index >= 15 is 4.39 Å². The molecule has 8 nitrogen and oxygen atoms in total. The lowest BCUT2D eigenvalue weighted by Gasteiger charge is -2.34. The van der Waals surface area contributed by atoms with Crippen LogP contribution in [0, 0.1) is 0 Å². The van der Waals surface area contributed by atoms with Gasteiger partial charge < -0.3 is 9.42 Å². The predicted octanol–water partition coefficient (Wildman–Crippen LogP) is 2.45. The van der Waals surface area contributed by atoms with Gasteiger partial charge in [0.25, 0.3) is 11.8 Å². The topological polar surface area (TPSA) is 89.9 Å². The molecule has 1 aliphatic rings. The molecule has 1 aliphatic heterocycles. The number of rotatable bonds is 4. The highest BCUT2D eigenvalue weighted by molar-refractivity contribution is 5.92. The van der Waals surface area contributed by atoms with Crippen molar-refractivity contribution >= 4 is 5.91 Å². The van der Waals surface area contributed by atoms with E-state index in [1.807, 2.05) is 6.92 Å². The fraction of sp³-hybridized carbons (Fsp3) is 0.389. The van der Waals surface area contributed by atoms with E-state index in [-0.39, 0.29) is 24.8 Å². The zero-order valence-electron chi connectivity index (χ0n) is 14.9. The molecular weight excluding hydrogens is 351 g/mol. The van der Waals surface area contributed by atoms with Crippen molar-refractivity contribution in [3.05, 3.63) is 48.4 Å². The minimum atomic E-state index is -1.88. The molecule has 27 heavy (non-hydrogen) atoms. The minimum absolute atomic E-state index is 0.106. The molecule has 0 saturated carbocycles. The Kier molecular flexibility index (Phi) is 4.43. The van der Waals surface area contributed by atoms with Gasteiger partial charge in [-0.25, -0.2) is 4.39 Å². The number of carbonyl (C=O) groups excluding carboxylic acids is 1. The molecule has 1 amide bonds. The maximum atomic E-state index is 15.6. The number of likely N-dealkylation sites (tertiary alicyclic amines) is 1. The van der Waals surface area contributed by atoms with Crippen molar-refractivity contribution in [3.8, 4) is 11.4 Å². The third kappa shape index (κ3) is 3.32. The number of aryl methyl sites for hydroxylation is 1. The smallest absolute Gasteiger partial charge is 0.274 e. The van der Waals surface area contributed by atoms with E-state index in [0.717, 1.165) is 0 Å². The maximum absolute atomic E-state index is 15.6. The van der Waals surface area contributed by atoms with Gasteiger partial charge in [0.2, 0.25) is 11.5 Å². The lowest BCUT2D eigenvalue weighted by Crippen LogP contribution is -2.46. The van der Waals surface area contributed by atoms with Gasteiger partial charge in [-0.15, -0.1) is 0 Å². The molecule has 0 aromatic carbocycles. The van der Waals surface area contributed by atoms with Gasteiger partial charge in [0.05, 0.1) is 6.54 Å². The van der Waals surface area contributed by atoms with Gasteiger partial charge in [-0.05, 0) is 38.0 Å². The van der Waals surface area contributed by atoms with E-state index in [9.17, 15) is 4.79 Å². The number of nitrogens with zero attached hydrogens (tertiary/aromatic N) is 6. The number of piperidine rings is 1. The Morgan fingerprint density at radius 3 is 2.89 bits per heavy atom. The normalized spacial score (nSPS) is 20.0. The average molecular weight is 370 g/mol. The fourth-order valence-electron chi connectivity index (χ4n) is 3.20. The fourth-order valence-corrected chi connectivity index (χ4v) is 3.20. The van der Waals surface area contributed by atoms with Crippen molar-refractivity contribution in [2.45, 2.75) is 32.0 Å². The highest BCUT2D eigenvalue weighted by Gasteiger charge is 2.44. The molecule has 1 fully saturated rings. The largest absolute Gasteiger partial charge is 0.335 e. The SMILES string of the molecule is CCn1ccc(C(=O)N2CCCC(F)(c3nc(-c4ccncc4)no3)C2)n1. The van der Waals surface area contributed by atoms with Crippen LogP contribution in [0.15, 0.2) is 41.3 Å². The first-order valence-corrected chi connectivity index (χ1v) is 8.85.